The Balaban J connectivity index is 1.49. The van der Waals surface area contributed by atoms with Crippen LogP contribution in [0.1, 0.15) is 12.4 Å². The lowest BCUT2D eigenvalue weighted by molar-refractivity contribution is 0.0722. The molecule has 8 heteroatoms. The van der Waals surface area contributed by atoms with Crippen molar-refractivity contribution in [2.45, 2.75) is 17.3 Å². The van der Waals surface area contributed by atoms with Crippen LogP contribution in [-0.4, -0.2) is 19.5 Å². The van der Waals surface area contributed by atoms with Crippen LogP contribution in [-0.2, 0) is 5.75 Å². The molecule has 5 rings (SSSR count). The highest BCUT2D eigenvalue weighted by Crippen LogP contribution is 2.37. The van der Waals surface area contributed by atoms with Crippen LogP contribution in [0.2, 0.25) is 0 Å². The zero-order chi connectivity index (χ0) is 19.8. The van der Waals surface area contributed by atoms with Crippen LogP contribution < -0.4 is 0 Å². The summed E-state index contributed by atoms with van der Waals surface area (Å²) in [6.07, 6.45) is 1.52. The summed E-state index contributed by atoms with van der Waals surface area (Å²) in [5.74, 6) is 0.623. The topological polar surface area (TPSA) is 43.6 Å². The van der Waals surface area contributed by atoms with Gasteiger partial charge < -0.3 is 0 Å². The van der Waals surface area contributed by atoms with E-state index >= 15 is 0 Å². The number of hydrogen-bond donors (Lipinski definition) is 0. The molecule has 0 aliphatic heterocycles. The SMILES string of the molecule is FC(F)n1c(CSc2ncnc3sc(-c4ccccc4)cc23)nc2ccccc21. The van der Waals surface area contributed by atoms with Gasteiger partial charge in [0.2, 0.25) is 0 Å². The Kier molecular flexibility index (Phi) is 4.73. The molecule has 0 unspecified atom stereocenters. The molecular weight excluding hydrogens is 410 g/mol. The molecule has 5 aromatic rings. The van der Waals surface area contributed by atoms with Crippen LogP contribution in [0.5, 0.6) is 0 Å². The van der Waals surface area contributed by atoms with E-state index in [4.69, 9.17) is 0 Å². The monoisotopic (exact) mass is 424 g/mol. The zero-order valence-electron chi connectivity index (χ0n) is 15.0. The van der Waals surface area contributed by atoms with E-state index in [0.29, 0.717) is 22.6 Å². The minimum absolute atomic E-state index is 0.293. The van der Waals surface area contributed by atoms with E-state index < -0.39 is 6.55 Å². The molecule has 0 amide bonds. The Hall–Kier alpha value is -2.84. The van der Waals surface area contributed by atoms with Crippen LogP contribution in [0.25, 0.3) is 31.7 Å². The number of thioether (sulfide) groups is 1. The first-order valence-corrected chi connectivity index (χ1v) is 10.7. The van der Waals surface area contributed by atoms with Crippen molar-refractivity contribution in [1.82, 2.24) is 19.5 Å². The molecule has 0 aliphatic carbocycles. The third kappa shape index (κ3) is 3.38. The average molecular weight is 425 g/mol. The summed E-state index contributed by atoms with van der Waals surface area (Å²) < 4.78 is 28.3. The third-order valence-electron chi connectivity index (χ3n) is 4.55. The molecule has 144 valence electrons. The number of nitrogens with zero attached hydrogens (tertiary/aromatic N) is 4. The summed E-state index contributed by atoms with van der Waals surface area (Å²) in [7, 11) is 0. The van der Waals surface area contributed by atoms with E-state index in [1.165, 1.54) is 18.1 Å². The van der Waals surface area contributed by atoms with Gasteiger partial charge >= 0.3 is 6.55 Å². The highest BCUT2D eigenvalue weighted by atomic mass is 32.2. The quantitative estimate of drug-likeness (QED) is 0.242. The van der Waals surface area contributed by atoms with Crippen LogP contribution in [0.15, 0.2) is 72.0 Å². The third-order valence-corrected chi connectivity index (χ3v) is 6.65. The highest BCUT2D eigenvalue weighted by Gasteiger charge is 2.18. The van der Waals surface area contributed by atoms with E-state index in [0.717, 1.165) is 30.3 Å². The Bertz CT molecular complexity index is 1300. The molecule has 2 aromatic carbocycles. The Labute approximate surface area is 173 Å². The van der Waals surface area contributed by atoms with E-state index in [2.05, 4.69) is 33.2 Å². The molecule has 3 aromatic heterocycles. The van der Waals surface area contributed by atoms with E-state index in [-0.39, 0.29) is 0 Å². The van der Waals surface area contributed by atoms with Crippen molar-refractivity contribution in [3.8, 4) is 10.4 Å². The Morgan fingerprint density at radius 2 is 1.79 bits per heavy atom. The summed E-state index contributed by atoms with van der Waals surface area (Å²) in [4.78, 5) is 15.1. The smallest absolute Gasteiger partial charge is 0.269 e. The predicted octanol–water partition coefficient (Wildman–Crippen LogP) is 6.40. The summed E-state index contributed by atoms with van der Waals surface area (Å²) in [6, 6.07) is 19.1. The summed E-state index contributed by atoms with van der Waals surface area (Å²) in [5, 5.41) is 1.70. The lowest BCUT2D eigenvalue weighted by atomic mass is 10.2. The van der Waals surface area contributed by atoms with Gasteiger partial charge in [0, 0.05) is 10.3 Å². The summed E-state index contributed by atoms with van der Waals surface area (Å²) in [5.41, 5.74) is 2.12. The fourth-order valence-corrected chi connectivity index (χ4v) is 5.21. The van der Waals surface area contributed by atoms with Gasteiger partial charge in [0.05, 0.1) is 16.8 Å². The van der Waals surface area contributed by atoms with E-state index in [1.54, 1.807) is 35.6 Å². The number of rotatable bonds is 5. The van der Waals surface area contributed by atoms with Crippen molar-refractivity contribution < 1.29 is 8.78 Å². The molecule has 4 nitrogen and oxygen atoms in total. The lowest BCUT2D eigenvalue weighted by Crippen LogP contribution is -2.03. The fourth-order valence-electron chi connectivity index (χ4n) is 3.24. The van der Waals surface area contributed by atoms with Crippen LogP contribution in [0.4, 0.5) is 8.78 Å². The molecule has 29 heavy (non-hydrogen) atoms. The van der Waals surface area contributed by atoms with Gasteiger partial charge in [-0.05, 0) is 23.8 Å². The second kappa shape index (κ2) is 7.53. The number of hydrogen-bond acceptors (Lipinski definition) is 5. The molecule has 0 saturated carbocycles. The van der Waals surface area contributed by atoms with Crippen molar-refractivity contribution in [2.75, 3.05) is 0 Å². The molecule has 0 atom stereocenters. The van der Waals surface area contributed by atoms with Gasteiger partial charge in [0.25, 0.3) is 0 Å². The normalized spacial score (nSPS) is 11.7. The van der Waals surface area contributed by atoms with Gasteiger partial charge in [0.15, 0.2) is 0 Å². The minimum Gasteiger partial charge on any atom is -0.269 e. The molecule has 3 heterocycles. The van der Waals surface area contributed by atoms with Crippen LogP contribution in [0, 0.1) is 0 Å². The second-order valence-electron chi connectivity index (χ2n) is 6.33. The Morgan fingerprint density at radius 3 is 2.62 bits per heavy atom. The molecule has 0 radical (unpaired) electrons. The van der Waals surface area contributed by atoms with Crippen molar-refractivity contribution in [2.24, 2.45) is 0 Å². The molecule has 0 saturated heterocycles. The van der Waals surface area contributed by atoms with Crippen molar-refractivity contribution in [3.63, 3.8) is 0 Å². The first-order valence-electron chi connectivity index (χ1n) is 8.87. The molecule has 0 spiro atoms. The van der Waals surface area contributed by atoms with Crippen molar-refractivity contribution in [3.05, 3.63) is 72.8 Å². The first-order chi connectivity index (χ1) is 14.2. The largest absolute Gasteiger partial charge is 0.320 e. The number of benzene rings is 2. The maximum absolute atomic E-state index is 13.7. The van der Waals surface area contributed by atoms with Crippen LogP contribution in [0.3, 0.4) is 0 Å². The van der Waals surface area contributed by atoms with Crippen LogP contribution >= 0.6 is 23.1 Å². The van der Waals surface area contributed by atoms with Crippen molar-refractivity contribution >= 4 is 44.3 Å². The van der Waals surface area contributed by atoms with Gasteiger partial charge in [-0.15, -0.1) is 11.3 Å². The highest BCUT2D eigenvalue weighted by molar-refractivity contribution is 7.98. The zero-order valence-corrected chi connectivity index (χ0v) is 16.6. The van der Waals surface area contributed by atoms with Crippen molar-refractivity contribution in [1.29, 1.82) is 0 Å². The van der Waals surface area contributed by atoms with Gasteiger partial charge in [-0.3, -0.25) is 4.57 Å². The number of alkyl halides is 2. The Morgan fingerprint density at radius 1 is 1.00 bits per heavy atom. The molecule has 0 bridgehead atoms. The van der Waals surface area contributed by atoms with Gasteiger partial charge in [-0.1, -0.05) is 54.2 Å². The number of thiophene rings is 1. The molecular formula is C21H14F2N4S2. The average Bonchev–Trinajstić information content (AvgIpc) is 3.34. The lowest BCUT2D eigenvalue weighted by Gasteiger charge is -2.07. The maximum Gasteiger partial charge on any atom is 0.320 e. The minimum atomic E-state index is -2.64. The summed E-state index contributed by atoms with van der Waals surface area (Å²) in [6.45, 7) is -2.64. The number of imidazole rings is 1. The van der Waals surface area contributed by atoms with E-state index in [9.17, 15) is 8.78 Å². The summed E-state index contributed by atoms with van der Waals surface area (Å²) >= 11 is 2.99. The fraction of sp³-hybridized carbons (Fsp3) is 0.0952. The number of halogens is 2. The number of aromatic nitrogens is 4. The van der Waals surface area contributed by atoms with Gasteiger partial charge in [-0.2, -0.15) is 8.78 Å². The maximum atomic E-state index is 13.7. The molecule has 0 N–H and O–H groups in total. The molecule has 0 fully saturated rings. The second-order valence-corrected chi connectivity index (χ2v) is 8.32. The van der Waals surface area contributed by atoms with Gasteiger partial charge in [0.1, 0.15) is 22.0 Å². The first kappa shape index (κ1) is 18.2. The van der Waals surface area contributed by atoms with Gasteiger partial charge in [-0.25, -0.2) is 15.0 Å². The molecule has 0 aliphatic rings. The number of para-hydroxylation sites is 2. The number of fused-ring (bicyclic) bond motifs is 2. The van der Waals surface area contributed by atoms with E-state index in [1.807, 2.05) is 18.2 Å². The standard InChI is InChI=1S/C21H14F2N4S2/c22-21(23)27-16-9-5-4-8-15(16)26-18(27)11-28-19-14-10-17(13-6-2-1-3-7-13)29-20(14)25-12-24-19/h1-10,12,21H,11H2. The predicted molar refractivity (Wildman–Crippen MR) is 113 cm³/mol.